The molecule has 8 N–H and O–H groups in total. The minimum absolute atomic E-state index is 0.0650. The number of carbonyl (C=O) groups is 1. The average Bonchev–Trinajstić information content (AvgIpc) is 2.94. The summed E-state index contributed by atoms with van der Waals surface area (Å²) >= 11 is 0. The Hall–Kier alpha value is -3.80. The van der Waals surface area contributed by atoms with Crippen molar-refractivity contribution in [3.63, 3.8) is 0 Å². The number of hydrogen-bond donors (Lipinski definition) is 8. The Kier molecular flexibility index (Phi) is 8.10. The number of aliphatic hydroxyl groups excluding tert-OH is 6. The van der Waals surface area contributed by atoms with Crippen molar-refractivity contribution >= 4 is 16.9 Å². The van der Waals surface area contributed by atoms with Crippen LogP contribution in [0.1, 0.15) is 6.92 Å². The predicted octanol–water partition coefficient (Wildman–Crippen LogP) is -1.36. The Morgan fingerprint density at radius 3 is 2.00 bits per heavy atom. The molecule has 2 fully saturated rings. The van der Waals surface area contributed by atoms with Gasteiger partial charge in [-0.15, -0.1) is 0 Å². The quantitative estimate of drug-likeness (QED) is 0.165. The molecule has 3 heterocycles. The summed E-state index contributed by atoms with van der Waals surface area (Å²) in [5, 5.41) is 79.6. The van der Waals surface area contributed by atoms with Crippen molar-refractivity contribution in [3.8, 4) is 28.6 Å². The molecule has 0 bridgehead atoms. The molecule has 1 aromatic heterocycles. The van der Waals surface area contributed by atoms with Crippen LogP contribution in [-0.4, -0.2) is 108 Å². The molecule has 0 aliphatic carbocycles. The molecule has 2 aromatic carbocycles. The largest absolute Gasteiger partial charge is 0.507 e. The van der Waals surface area contributed by atoms with E-state index in [1.807, 2.05) is 0 Å². The molecule has 3 aromatic rings. The minimum atomic E-state index is -1.93. The number of rotatable bonds is 6. The van der Waals surface area contributed by atoms with Crippen LogP contribution in [0.5, 0.6) is 17.2 Å². The molecule has 2 aliphatic rings. The molecule has 0 radical (unpaired) electrons. The normalized spacial score (nSPS) is 33.3. The van der Waals surface area contributed by atoms with E-state index in [1.54, 1.807) is 0 Å². The zero-order valence-electron chi connectivity index (χ0n) is 21.8. The van der Waals surface area contributed by atoms with Crippen LogP contribution >= 0.6 is 0 Å². The van der Waals surface area contributed by atoms with Gasteiger partial charge < -0.3 is 64.2 Å². The van der Waals surface area contributed by atoms with Gasteiger partial charge in [-0.2, -0.15) is 0 Å². The van der Waals surface area contributed by atoms with E-state index in [0.717, 1.165) is 12.1 Å². The van der Waals surface area contributed by atoms with Crippen molar-refractivity contribution in [1.29, 1.82) is 0 Å². The van der Waals surface area contributed by atoms with Crippen LogP contribution in [0.25, 0.3) is 22.3 Å². The van der Waals surface area contributed by atoms with Gasteiger partial charge in [-0.05, 0) is 31.2 Å². The number of aromatic hydroxyl groups is 1. The van der Waals surface area contributed by atoms with Gasteiger partial charge >= 0.3 is 5.97 Å². The monoisotopic (exact) mass is 592 g/mol. The fraction of sp³-hybridized carbons (Fsp3) is 0.407. The van der Waals surface area contributed by atoms with Gasteiger partial charge in [0, 0.05) is 23.8 Å². The molecule has 15 nitrogen and oxygen atoms in total. The maximum Gasteiger partial charge on any atom is 0.335 e. The highest BCUT2D eigenvalue weighted by atomic mass is 16.7. The number of carboxylic acid groups (broad SMARTS) is 1. The van der Waals surface area contributed by atoms with Crippen molar-refractivity contribution in [2.45, 2.75) is 68.3 Å². The van der Waals surface area contributed by atoms with Crippen LogP contribution in [-0.2, 0) is 14.3 Å². The standard InChI is InChI=1S/C27H28O15/c1-9-18(30)19(31)22(34)26(38-9)39-11-4-2-10(3-5-11)15-8-14(29)17-13(28)6-12(7-16(17)41-15)40-27-23(35)20(32)21(33)24(42-27)25(36)37/h2-9,18-24,26-28,30-35H,1H3,(H,36,37). The molecule has 0 saturated carbocycles. The first-order valence-electron chi connectivity index (χ1n) is 12.7. The van der Waals surface area contributed by atoms with Crippen molar-refractivity contribution in [2.24, 2.45) is 0 Å². The number of carboxylic acids is 1. The number of phenols is 1. The summed E-state index contributed by atoms with van der Waals surface area (Å²) in [4.78, 5) is 24.2. The molecular weight excluding hydrogens is 564 g/mol. The summed E-state index contributed by atoms with van der Waals surface area (Å²) in [6.07, 6.45) is -15.7. The van der Waals surface area contributed by atoms with Gasteiger partial charge in [-0.25, -0.2) is 4.79 Å². The minimum Gasteiger partial charge on any atom is -0.507 e. The van der Waals surface area contributed by atoms with Crippen LogP contribution in [0.2, 0.25) is 0 Å². The number of aliphatic carboxylic acids is 1. The van der Waals surface area contributed by atoms with Gasteiger partial charge in [-0.1, -0.05) is 0 Å². The summed E-state index contributed by atoms with van der Waals surface area (Å²) in [5.74, 6) is -2.08. The number of fused-ring (bicyclic) bond motifs is 1. The predicted molar refractivity (Wildman–Crippen MR) is 138 cm³/mol. The fourth-order valence-corrected chi connectivity index (χ4v) is 4.68. The Bertz CT molecular complexity index is 1500. The van der Waals surface area contributed by atoms with E-state index in [9.17, 15) is 50.4 Å². The van der Waals surface area contributed by atoms with Gasteiger partial charge in [0.05, 0.1) is 6.10 Å². The molecule has 0 amide bonds. The molecular formula is C27H28O15. The third kappa shape index (κ3) is 5.51. The Labute approximate surface area is 235 Å². The maximum atomic E-state index is 12.8. The number of hydrogen-bond acceptors (Lipinski definition) is 14. The molecule has 0 spiro atoms. The molecule has 10 unspecified atom stereocenters. The second-order valence-electron chi connectivity index (χ2n) is 9.97. The summed E-state index contributed by atoms with van der Waals surface area (Å²) in [6, 6.07) is 9.33. The zero-order valence-corrected chi connectivity index (χ0v) is 21.8. The number of ether oxygens (including phenoxy) is 4. The van der Waals surface area contributed by atoms with Gasteiger partial charge in [0.2, 0.25) is 12.6 Å². The van der Waals surface area contributed by atoms with Crippen LogP contribution in [0, 0.1) is 0 Å². The zero-order chi connectivity index (χ0) is 30.5. The number of phenolic OH excluding ortho intramolecular Hbond substituents is 1. The summed E-state index contributed by atoms with van der Waals surface area (Å²) in [7, 11) is 0. The second kappa shape index (κ2) is 11.5. The smallest absolute Gasteiger partial charge is 0.335 e. The maximum absolute atomic E-state index is 12.8. The highest BCUT2D eigenvalue weighted by Crippen LogP contribution is 2.34. The van der Waals surface area contributed by atoms with Gasteiger partial charge in [0.25, 0.3) is 0 Å². The summed E-state index contributed by atoms with van der Waals surface area (Å²) < 4.78 is 27.4. The van der Waals surface area contributed by atoms with Crippen molar-refractivity contribution in [3.05, 3.63) is 52.7 Å². The van der Waals surface area contributed by atoms with E-state index in [4.69, 9.17) is 23.4 Å². The first-order chi connectivity index (χ1) is 19.8. The topological polar surface area (TPSA) is 246 Å². The SMILES string of the molecule is CC1OC(Oc2ccc(-c3cc(=O)c4c(O)cc(OC5OC(C(=O)O)C(O)C(O)C5O)cc4o3)cc2)C(O)C(O)C1O. The third-order valence-corrected chi connectivity index (χ3v) is 7.05. The lowest BCUT2D eigenvalue weighted by atomic mass is 9.99. The van der Waals surface area contributed by atoms with E-state index in [-0.39, 0.29) is 28.2 Å². The van der Waals surface area contributed by atoms with E-state index in [1.165, 1.54) is 37.3 Å². The lowest BCUT2D eigenvalue weighted by molar-refractivity contribution is -0.271. The Balaban J connectivity index is 1.38. The lowest BCUT2D eigenvalue weighted by Crippen LogP contribution is -2.61. The number of benzene rings is 2. The van der Waals surface area contributed by atoms with E-state index in [0.29, 0.717) is 5.56 Å². The second-order valence-corrected chi connectivity index (χ2v) is 9.97. The van der Waals surface area contributed by atoms with Gasteiger partial charge in [0.15, 0.2) is 11.5 Å². The van der Waals surface area contributed by atoms with Crippen LogP contribution < -0.4 is 14.9 Å². The number of aliphatic hydroxyl groups is 6. The molecule has 15 heteroatoms. The molecule has 2 aliphatic heterocycles. The van der Waals surface area contributed by atoms with Crippen molar-refractivity contribution in [1.82, 2.24) is 0 Å². The molecule has 226 valence electrons. The average molecular weight is 593 g/mol. The van der Waals surface area contributed by atoms with Crippen molar-refractivity contribution in [2.75, 3.05) is 0 Å². The third-order valence-electron chi connectivity index (χ3n) is 7.05. The Morgan fingerprint density at radius 1 is 0.762 bits per heavy atom. The van der Waals surface area contributed by atoms with E-state index in [2.05, 4.69) is 0 Å². The first kappa shape index (κ1) is 29.7. The molecule has 5 rings (SSSR count). The van der Waals surface area contributed by atoms with Crippen LogP contribution in [0.3, 0.4) is 0 Å². The molecule has 10 atom stereocenters. The fourth-order valence-electron chi connectivity index (χ4n) is 4.68. The van der Waals surface area contributed by atoms with Crippen LogP contribution in [0.15, 0.2) is 51.7 Å². The first-order valence-corrected chi connectivity index (χ1v) is 12.7. The highest BCUT2D eigenvalue weighted by molar-refractivity contribution is 5.86. The summed E-state index contributed by atoms with van der Waals surface area (Å²) in [5.41, 5.74) is -0.364. The van der Waals surface area contributed by atoms with Crippen LogP contribution in [0.4, 0.5) is 0 Å². The lowest BCUT2D eigenvalue weighted by Gasteiger charge is -2.38. The molecule has 42 heavy (non-hydrogen) atoms. The Morgan fingerprint density at radius 2 is 1.36 bits per heavy atom. The van der Waals surface area contributed by atoms with Crippen molar-refractivity contribution < 1.29 is 69.0 Å². The van der Waals surface area contributed by atoms with Gasteiger partial charge in [0.1, 0.15) is 70.6 Å². The van der Waals surface area contributed by atoms with E-state index >= 15 is 0 Å². The van der Waals surface area contributed by atoms with E-state index < -0.39 is 78.6 Å². The summed E-state index contributed by atoms with van der Waals surface area (Å²) in [6.45, 7) is 1.51. The molecule has 2 saturated heterocycles. The van der Waals surface area contributed by atoms with Gasteiger partial charge in [-0.3, -0.25) is 4.79 Å². The highest BCUT2D eigenvalue weighted by Gasteiger charge is 2.48.